The van der Waals surface area contributed by atoms with E-state index in [0.29, 0.717) is 13.0 Å². The van der Waals surface area contributed by atoms with Crippen LogP contribution in [-0.2, 0) is 27.9 Å². The van der Waals surface area contributed by atoms with E-state index in [1.165, 1.54) is 173 Å². The maximum atomic E-state index is 12.9. The first-order valence-electron chi connectivity index (χ1n) is 30.5. The van der Waals surface area contributed by atoms with Crippen molar-refractivity contribution in [2.45, 2.75) is 313 Å². The first kappa shape index (κ1) is 70.3. The summed E-state index contributed by atoms with van der Waals surface area (Å²) in [6, 6.07) is 0. The molecule has 1 fully saturated rings. The fraction of sp³-hybridized carbons (Fsp3) is 0.852. The molecule has 1 rings (SSSR count). The Kier molecular flexibility index (Phi) is 48.3. The Morgan fingerprint density at radius 2 is 0.797 bits per heavy atom. The minimum atomic E-state index is -5.03. The van der Waals surface area contributed by atoms with E-state index >= 15 is 0 Å². The fourth-order valence-electron chi connectivity index (χ4n) is 9.47. The third-order valence-electron chi connectivity index (χ3n) is 14.2. The molecule has 74 heavy (non-hydrogen) atoms. The van der Waals surface area contributed by atoms with Crippen LogP contribution in [-0.4, -0.2) is 98.9 Å². The van der Waals surface area contributed by atoms with Gasteiger partial charge in [-0.25, -0.2) is 4.57 Å². The van der Waals surface area contributed by atoms with E-state index in [-0.39, 0.29) is 13.0 Å². The van der Waals surface area contributed by atoms with Gasteiger partial charge < -0.3 is 39.9 Å². The molecule has 0 radical (unpaired) electrons. The zero-order valence-corrected chi connectivity index (χ0v) is 48.0. The van der Waals surface area contributed by atoms with E-state index in [1.807, 2.05) is 0 Å². The van der Waals surface area contributed by atoms with Gasteiger partial charge in [-0.3, -0.25) is 13.8 Å². The second-order valence-corrected chi connectivity index (χ2v) is 22.6. The number of ether oxygens (including phenoxy) is 2. The summed E-state index contributed by atoms with van der Waals surface area (Å²) in [5.41, 5.74) is 0. The molecule has 6 unspecified atom stereocenters. The van der Waals surface area contributed by atoms with Gasteiger partial charge in [-0.15, -0.1) is 0 Å². The Morgan fingerprint density at radius 3 is 1.22 bits per heavy atom. The number of carbonyl (C=O) groups excluding carboxylic acids is 1. The van der Waals surface area contributed by atoms with Gasteiger partial charge in [0.25, 0.3) is 0 Å². The lowest BCUT2D eigenvalue weighted by atomic mass is 9.85. The Labute approximate surface area is 452 Å². The second-order valence-electron chi connectivity index (χ2n) is 21.2. The molecule has 0 heterocycles. The van der Waals surface area contributed by atoms with Gasteiger partial charge in [-0.2, -0.15) is 0 Å². The lowest BCUT2D eigenvalue weighted by molar-refractivity contribution is -0.220. The van der Waals surface area contributed by atoms with Crippen molar-refractivity contribution < 1.29 is 58.3 Å². The highest BCUT2D eigenvalue weighted by atomic mass is 31.2. The topological polar surface area (TPSA) is 192 Å². The van der Waals surface area contributed by atoms with Crippen molar-refractivity contribution in [3.8, 4) is 0 Å². The van der Waals surface area contributed by atoms with Gasteiger partial charge in [0.1, 0.15) is 42.7 Å². The quantitative estimate of drug-likeness (QED) is 0.0146. The van der Waals surface area contributed by atoms with Crippen molar-refractivity contribution in [2.75, 3.05) is 19.8 Å². The molecule has 0 aromatic rings. The predicted molar refractivity (Wildman–Crippen MR) is 304 cm³/mol. The fourth-order valence-corrected chi connectivity index (χ4v) is 10.4. The molecule has 6 atom stereocenters. The van der Waals surface area contributed by atoms with Gasteiger partial charge in [0, 0.05) is 13.0 Å². The van der Waals surface area contributed by atoms with Gasteiger partial charge in [-0.1, -0.05) is 262 Å². The van der Waals surface area contributed by atoms with Crippen LogP contribution in [0.2, 0.25) is 0 Å². The molecular weight excluding hydrogens is 956 g/mol. The highest BCUT2D eigenvalue weighted by Crippen LogP contribution is 2.47. The second kappa shape index (κ2) is 50.8. The molecular formula is C61H113O12P. The number of hydrogen-bond acceptors (Lipinski definition) is 11. The molecule has 0 spiro atoms. The number of phosphoric ester groups is 1. The summed E-state index contributed by atoms with van der Waals surface area (Å²) in [5, 5.41) is 50.5. The van der Waals surface area contributed by atoms with Crippen molar-refractivity contribution in [1.29, 1.82) is 0 Å². The standard InChI is InChI=1S/C61H113O12P/c1-3-5-7-9-11-13-15-17-19-21-23-25-27-29-31-33-35-37-39-41-43-45-47-49-51-70-52-54(53-71-74(68,69)73-61-59(66)57(64)56(63)58(65)60(61)67)72-55(62)50-48-46-44-42-40-38-36-34-32-30-28-26-24-22-20-18-16-14-12-10-8-6-4-2/h5,7,11,13,17,19,23,25,54,56-61,63-67H,3-4,6,8-10,12,14-16,18,20-22,24,26-53H2,1-2H3,(H,68,69)/b7-5-,13-11-,19-17-,25-23-. The molecule has 0 aromatic carbocycles. The minimum Gasteiger partial charge on any atom is -0.457 e. The van der Waals surface area contributed by atoms with Gasteiger partial charge in [0.15, 0.2) is 0 Å². The van der Waals surface area contributed by atoms with Crippen LogP contribution >= 0.6 is 7.82 Å². The van der Waals surface area contributed by atoms with Crippen LogP contribution in [0.3, 0.4) is 0 Å². The number of allylic oxidation sites excluding steroid dienone is 8. The van der Waals surface area contributed by atoms with Crippen LogP contribution in [0.25, 0.3) is 0 Å². The monoisotopic (exact) mass is 1070 g/mol. The number of rotatable bonds is 53. The van der Waals surface area contributed by atoms with E-state index in [4.69, 9.17) is 18.5 Å². The van der Waals surface area contributed by atoms with Crippen LogP contribution in [0.4, 0.5) is 0 Å². The number of carbonyl (C=O) groups is 1. The first-order valence-corrected chi connectivity index (χ1v) is 32.0. The number of aliphatic hydroxyl groups excluding tert-OH is 5. The van der Waals surface area contributed by atoms with E-state index in [0.717, 1.165) is 70.6 Å². The number of phosphoric acid groups is 1. The average molecular weight is 1070 g/mol. The maximum Gasteiger partial charge on any atom is 0.472 e. The largest absolute Gasteiger partial charge is 0.472 e. The van der Waals surface area contributed by atoms with Crippen molar-refractivity contribution in [3.05, 3.63) is 48.6 Å². The van der Waals surface area contributed by atoms with E-state index in [2.05, 4.69) is 62.5 Å². The zero-order chi connectivity index (χ0) is 54.0. The molecule has 0 aliphatic heterocycles. The average Bonchev–Trinajstić information content (AvgIpc) is 3.39. The summed E-state index contributed by atoms with van der Waals surface area (Å²) in [7, 11) is -5.03. The van der Waals surface area contributed by atoms with Crippen molar-refractivity contribution in [1.82, 2.24) is 0 Å². The molecule has 434 valence electrons. The van der Waals surface area contributed by atoms with Crippen LogP contribution in [0.15, 0.2) is 48.6 Å². The number of hydrogen-bond donors (Lipinski definition) is 6. The third-order valence-corrected chi connectivity index (χ3v) is 15.2. The molecule has 0 amide bonds. The van der Waals surface area contributed by atoms with Gasteiger partial charge in [-0.05, 0) is 51.4 Å². The van der Waals surface area contributed by atoms with E-state index in [1.54, 1.807) is 0 Å². The Hall–Kier alpha value is -1.70. The number of esters is 1. The molecule has 1 aliphatic carbocycles. The van der Waals surface area contributed by atoms with Gasteiger partial charge in [0.2, 0.25) is 0 Å². The van der Waals surface area contributed by atoms with E-state index in [9.17, 15) is 39.8 Å². The molecule has 1 saturated carbocycles. The Morgan fingerprint density at radius 1 is 0.446 bits per heavy atom. The molecule has 0 aromatic heterocycles. The molecule has 0 saturated heterocycles. The summed E-state index contributed by atoms with van der Waals surface area (Å²) in [5.74, 6) is -0.473. The Bertz CT molecular complexity index is 1410. The third kappa shape index (κ3) is 41.4. The summed E-state index contributed by atoms with van der Waals surface area (Å²) in [6.45, 7) is 4.20. The van der Waals surface area contributed by atoms with Gasteiger partial charge in [0.05, 0.1) is 13.2 Å². The molecule has 0 bridgehead atoms. The summed E-state index contributed by atoms with van der Waals surface area (Å²) < 4.78 is 34.5. The highest BCUT2D eigenvalue weighted by Gasteiger charge is 2.51. The molecule has 13 heteroatoms. The van der Waals surface area contributed by atoms with Gasteiger partial charge >= 0.3 is 13.8 Å². The SMILES string of the molecule is CC/C=C\C/C=C\C/C=C\C/C=C\CCCCCCCCCCCCCOCC(COP(=O)(O)OC1C(O)C(O)C(O)C(O)C1O)OC(=O)CCCCCCCCCCCCCCCCCCCCCCCCC. The van der Waals surface area contributed by atoms with Crippen LogP contribution in [0.5, 0.6) is 0 Å². The van der Waals surface area contributed by atoms with Crippen LogP contribution in [0.1, 0.15) is 271 Å². The van der Waals surface area contributed by atoms with E-state index < -0.39 is 63.1 Å². The van der Waals surface area contributed by atoms with Crippen molar-refractivity contribution in [3.63, 3.8) is 0 Å². The lowest BCUT2D eigenvalue weighted by Crippen LogP contribution is -2.64. The summed E-state index contributed by atoms with van der Waals surface area (Å²) in [6.07, 6.45) is 53.3. The number of unbranched alkanes of at least 4 members (excludes halogenated alkanes) is 33. The molecule has 6 N–H and O–H groups in total. The predicted octanol–water partition coefficient (Wildman–Crippen LogP) is 15.1. The van der Waals surface area contributed by atoms with Crippen molar-refractivity contribution in [2.24, 2.45) is 0 Å². The molecule has 1 aliphatic rings. The summed E-state index contributed by atoms with van der Waals surface area (Å²) >= 11 is 0. The smallest absolute Gasteiger partial charge is 0.457 e. The lowest BCUT2D eigenvalue weighted by Gasteiger charge is -2.41. The minimum absolute atomic E-state index is 0.0765. The summed E-state index contributed by atoms with van der Waals surface area (Å²) in [4.78, 5) is 23.4. The maximum absolute atomic E-state index is 12.9. The number of aliphatic hydroxyl groups is 5. The van der Waals surface area contributed by atoms with Crippen LogP contribution in [0, 0.1) is 0 Å². The first-order chi connectivity index (χ1) is 36.0. The molecule has 12 nitrogen and oxygen atoms in total. The van der Waals surface area contributed by atoms with Crippen LogP contribution < -0.4 is 0 Å². The van der Waals surface area contributed by atoms with Crippen molar-refractivity contribution >= 4 is 13.8 Å². The highest BCUT2D eigenvalue weighted by molar-refractivity contribution is 7.47. The normalized spacial score (nSPS) is 20.7. The zero-order valence-electron chi connectivity index (χ0n) is 47.1. The Balaban J connectivity index is 2.25.